The first-order chi connectivity index (χ1) is 9.40. The van der Waals surface area contributed by atoms with Gasteiger partial charge in [-0.15, -0.1) is 0 Å². The molecule has 1 aromatic carbocycles. The summed E-state index contributed by atoms with van der Waals surface area (Å²) < 4.78 is 5.79. The third-order valence-corrected chi connectivity index (χ3v) is 3.42. The van der Waals surface area contributed by atoms with Crippen molar-refractivity contribution in [3.8, 4) is 5.75 Å². The average Bonchev–Trinajstić information content (AvgIpc) is 2.42. The lowest BCUT2D eigenvalue weighted by atomic mass is 9.94. The molecule has 1 atom stereocenters. The van der Waals surface area contributed by atoms with Crippen LogP contribution in [0.3, 0.4) is 0 Å². The van der Waals surface area contributed by atoms with E-state index in [0.29, 0.717) is 12.2 Å². The standard InChI is InChI=1S/C16H24N2O2/c1-16(2,3)10-18-11-8-13-12(15(19)17-4)6-5-7-14(13)20-9-11/h5-7,11,18H,8-10H2,1-4H3,(H,17,19)/t11-/m0/s1. The molecule has 1 aliphatic rings. The summed E-state index contributed by atoms with van der Waals surface area (Å²) in [6.45, 7) is 8.19. The minimum absolute atomic E-state index is 0.0538. The highest BCUT2D eigenvalue weighted by Gasteiger charge is 2.25. The third kappa shape index (κ3) is 3.51. The molecule has 2 rings (SSSR count). The van der Waals surface area contributed by atoms with Gasteiger partial charge in [0.05, 0.1) is 0 Å². The highest BCUT2D eigenvalue weighted by atomic mass is 16.5. The van der Waals surface area contributed by atoms with Gasteiger partial charge < -0.3 is 15.4 Å². The lowest BCUT2D eigenvalue weighted by molar-refractivity contribution is 0.0960. The summed E-state index contributed by atoms with van der Waals surface area (Å²) in [6.07, 6.45) is 0.828. The van der Waals surface area contributed by atoms with Crippen molar-refractivity contribution in [3.63, 3.8) is 0 Å². The lowest BCUT2D eigenvalue weighted by Crippen LogP contribution is -2.43. The van der Waals surface area contributed by atoms with E-state index in [1.54, 1.807) is 7.05 Å². The number of benzene rings is 1. The van der Waals surface area contributed by atoms with Gasteiger partial charge in [-0.05, 0) is 24.0 Å². The number of rotatable bonds is 3. The van der Waals surface area contributed by atoms with E-state index in [0.717, 1.165) is 24.3 Å². The highest BCUT2D eigenvalue weighted by Crippen LogP contribution is 2.28. The number of fused-ring (bicyclic) bond motifs is 1. The second-order valence-electron chi connectivity index (χ2n) is 6.51. The number of hydrogen-bond donors (Lipinski definition) is 2. The number of amides is 1. The second-order valence-corrected chi connectivity index (χ2v) is 6.51. The number of hydrogen-bond acceptors (Lipinski definition) is 3. The molecule has 0 unspecified atom stereocenters. The van der Waals surface area contributed by atoms with Gasteiger partial charge >= 0.3 is 0 Å². The van der Waals surface area contributed by atoms with Gasteiger partial charge in [0.25, 0.3) is 5.91 Å². The van der Waals surface area contributed by atoms with Gasteiger partial charge in [0.1, 0.15) is 12.4 Å². The third-order valence-electron chi connectivity index (χ3n) is 3.42. The molecule has 0 saturated heterocycles. The molecule has 0 saturated carbocycles. The van der Waals surface area contributed by atoms with Gasteiger partial charge in [-0.25, -0.2) is 0 Å². The van der Waals surface area contributed by atoms with Crippen molar-refractivity contribution >= 4 is 5.91 Å². The van der Waals surface area contributed by atoms with Crippen molar-refractivity contribution in [2.75, 3.05) is 20.2 Å². The minimum Gasteiger partial charge on any atom is -0.492 e. The fourth-order valence-corrected chi connectivity index (χ4v) is 2.34. The van der Waals surface area contributed by atoms with Gasteiger partial charge in [0.15, 0.2) is 0 Å². The van der Waals surface area contributed by atoms with Crippen molar-refractivity contribution in [3.05, 3.63) is 29.3 Å². The van der Waals surface area contributed by atoms with Crippen LogP contribution in [0.25, 0.3) is 0 Å². The van der Waals surface area contributed by atoms with Crippen molar-refractivity contribution in [1.29, 1.82) is 0 Å². The van der Waals surface area contributed by atoms with Crippen LogP contribution in [0.4, 0.5) is 0 Å². The molecule has 0 bridgehead atoms. The normalized spacial score (nSPS) is 18.1. The van der Waals surface area contributed by atoms with Crippen LogP contribution in [0.2, 0.25) is 0 Å². The van der Waals surface area contributed by atoms with Crippen LogP contribution in [-0.4, -0.2) is 32.1 Å². The largest absolute Gasteiger partial charge is 0.492 e. The fraction of sp³-hybridized carbons (Fsp3) is 0.562. The molecule has 2 N–H and O–H groups in total. The molecule has 1 amide bonds. The minimum atomic E-state index is -0.0538. The summed E-state index contributed by atoms with van der Waals surface area (Å²) in [5.74, 6) is 0.779. The molecule has 4 heteroatoms. The van der Waals surface area contributed by atoms with Gasteiger partial charge in [-0.1, -0.05) is 26.8 Å². The Morgan fingerprint density at radius 1 is 1.40 bits per heavy atom. The molecule has 0 radical (unpaired) electrons. The molecule has 0 aliphatic carbocycles. The SMILES string of the molecule is CNC(=O)c1cccc2c1C[C@H](NCC(C)(C)C)CO2. The summed E-state index contributed by atoms with van der Waals surface area (Å²) in [4.78, 5) is 11.9. The molecule has 110 valence electrons. The van der Waals surface area contributed by atoms with E-state index in [1.165, 1.54) is 0 Å². The monoisotopic (exact) mass is 276 g/mol. The van der Waals surface area contributed by atoms with E-state index >= 15 is 0 Å². The van der Waals surface area contributed by atoms with E-state index in [1.807, 2.05) is 18.2 Å². The maximum Gasteiger partial charge on any atom is 0.251 e. The zero-order valence-electron chi connectivity index (χ0n) is 12.7. The van der Waals surface area contributed by atoms with Crippen LogP contribution in [-0.2, 0) is 6.42 Å². The van der Waals surface area contributed by atoms with Crippen LogP contribution in [0, 0.1) is 5.41 Å². The lowest BCUT2D eigenvalue weighted by Gasteiger charge is -2.30. The van der Waals surface area contributed by atoms with Crippen LogP contribution < -0.4 is 15.4 Å². The Morgan fingerprint density at radius 3 is 2.80 bits per heavy atom. The average molecular weight is 276 g/mol. The molecule has 20 heavy (non-hydrogen) atoms. The Kier molecular flexibility index (Phi) is 4.33. The predicted octanol–water partition coefficient (Wildman–Crippen LogP) is 1.99. The molecule has 0 fully saturated rings. The van der Waals surface area contributed by atoms with Crippen molar-refractivity contribution in [2.24, 2.45) is 5.41 Å². The molecule has 0 aromatic heterocycles. The summed E-state index contributed by atoms with van der Waals surface area (Å²) in [5, 5.41) is 6.22. The van der Waals surface area contributed by atoms with Crippen LogP contribution >= 0.6 is 0 Å². The zero-order chi connectivity index (χ0) is 14.8. The topological polar surface area (TPSA) is 50.4 Å². The first kappa shape index (κ1) is 14.9. The zero-order valence-corrected chi connectivity index (χ0v) is 12.7. The van der Waals surface area contributed by atoms with Gasteiger partial charge in [-0.2, -0.15) is 0 Å². The summed E-state index contributed by atoms with van der Waals surface area (Å²) in [6, 6.07) is 5.91. The molecule has 1 aromatic rings. The van der Waals surface area contributed by atoms with Crippen molar-refractivity contribution in [1.82, 2.24) is 10.6 Å². The quantitative estimate of drug-likeness (QED) is 0.887. The van der Waals surface area contributed by atoms with E-state index in [9.17, 15) is 4.79 Å². The Hall–Kier alpha value is -1.55. The summed E-state index contributed by atoms with van der Waals surface area (Å²) in [7, 11) is 1.65. The van der Waals surface area contributed by atoms with E-state index in [4.69, 9.17) is 4.74 Å². The Labute approximate surface area is 120 Å². The van der Waals surface area contributed by atoms with Crippen molar-refractivity contribution in [2.45, 2.75) is 33.2 Å². The van der Waals surface area contributed by atoms with Gasteiger partial charge in [0, 0.05) is 30.8 Å². The van der Waals surface area contributed by atoms with Gasteiger partial charge in [-0.3, -0.25) is 4.79 Å². The number of ether oxygens (including phenoxy) is 1. The number of carbonyl (C=O) groups excluding carboxylic acids is 1. The fourth-order valence-electron chi connectivity index (χ4n) is 2.34. The Morgan fingerprint density at radius 2 is 2.15 bits per heavy atom. The second kappa shape index (κ2) is 5.83. The van der Waals surface area contributed by atoms with Crippen LogP contribution in [0.15, 0.2) is 18.2 Å². The van der Waals surface area contributed by atoms with Crippen molar-refractivity contribution < 1.29 is 9.53 Å². The number of nitrogens with one attached hydrogen (secondary N) is 2. The first-order valence-electron chi connectivity index (χ1n) is 7.11. The molecule has 1 heterocycles. The molecular formula is C16H24N2O2. The highest BCUT2D eigenvalue weighted by molar-refractivity contribution is 5.96. The summed E-state index contributed by atoms with van der Waals surface area (Å²) in [5.41, 5.74) is 1.96. The van der Waals surface area contributed by atoms with E-state index in [-0.39, 0.29) is 17.4 Å². The first-order valence-corrected chi connectivity index (χ1v) is 7.11. The van der Waals surface area contributed by atoms with Crippen LogP contribution in [0.5, 0.6) is 5.75 Å². The maximum absolute atomic E-state index is 11.9. The predicted molar refractivity (Wildman–Crippen MR) is 80.3 cm³/mol. The Balaban J connectivity index is 2.14. The molecular weight excluding hydrogens is 252 g/mol. The molecule has 0 spiro atoms. The number of carbonyl (C=O) groups is 1. The van der Waals surface area contributed by atoms with E-state index < -0.39 is 0 Å². The summed E-state index contributed by atoms with van der Waals surface area (Å²) >= 11 is 0. The smallest absolute Gasteiger partial charge is 0.251 e. The molecule has 4 nitrogen and oxygen atoms in total. The van der Waals surface area contributed by atoms with E-state index in [2.05, 4.69) is 31.4 Å². The van der Waals surface area contributed by atoms with Crippen LogP contribution in [0.1, 0.15) is 36.7 Å². The Bertz CT molecular complexity index is 492. The molecule has 1 aliphatic heterocycles. The van der Waals surface area contributed by atoms with Gasteiger partial charge in [0.2, 0.25) is 0 Å². The maximum atomic E-state index is 11.9.